The molecule has 1 aromatic carbocycles. The van der Waals surface area contributed by atoms with Crippen molar-refractivity contribution in [2.24, 2.45) is 0 Å². The van der Waals surface area contributed by atoms with Gasteiger partial charge in [-0.2, -0.15) is 18.2 Å². The fourth-order valence-corrected chi connectivity index (χ4v) is 3.38. The Morgan fingerprint density at radius 3 is 2.43 bits per heavy atom. The molecule has 3 aromatic rings. The van der Waals surface area contributed by atoms with Crippen molar-refractivity contribution >= 4 is 23.3 Å². The number of aryl methyl sites for hydroxylation is 2. The number of amides is 1. The van der Waals surface area contributed by atoms with E-state index in [2.05, 4.69) is 20.4 Å². The number of fused-ring (bicyclic) bond motifs is 1. The second-order valence-electron chi connectivity index (χ2n) is 7.60. The first-order valence-corrected chi connectivity index (χ1v) is 10.5. The highest BCUT2D eigenvalue weighted by molar-refractivity contribution is 5.95. The number of hydrogen-bond acceptors (Lipinski definition) is 8. The molecule has 0 aliphatic heterocycles. The summed E-state index contributed by atoms with van der Waals surface area (Å²) in [6, 6.07) is 4.79. The second kappa shape index (κ2) is 10.2. The summed E-state index contributed by atoms with van der Waals surface area (Å²) in [5, 5.41) is 6.11. The number of anilines is 1. The van der Waals surface area contributed by atoms with Crippen LogP contribution in [0.5, 0.6) is 11.5 Å². The largest absolute Gasteiger partial charge is 0.493 e. The number of rotatable bonds is 8. The van der Waals surface area contributed by atoms with E-state index in [9.17, 15) is 22.8 Å². The number of benzene rings is 1. The zero-order valence-electron chi connectivity index (χ0n) is 19.7. The van der Waals surface area contributed by atoms with Gasteiger partial charge >= 0.3 is 12.1 Å². The van der Waals surface area contributed by atoms with Gasteiger partial charge in [0.1, 0.15) is 0 Å². The number of hydrogen-bond donors (Lipinski definition) is 1. The summed E-state index contributed by atoms with van der Waals surface area (Å²) in [5.74, 6) is -1.78. The van der Waals surface area contributed by atoms with E-state index in [1.54, 1.807) is 32.0 Å². The van der Waals surface area contributed by atoms with E-state index in [1.165, 1.54) is 21.1 Å². The number of esters is 1. The molecule has 0 aliphatic rings. The van der Waals surface area contributed by atoms with Crippen molar-refractivity contribution < 1.29 is 37.0 Å². The quantitative estimate of drug-likeness (QED) is 0.474. The number of methoxy groups -OCH3 is 2. The molecule has 10 nitrogen and oxygen atoms in total. The summed E-state index contributed by atoms with van der Waals surface area (Å²) in [5.41, 5.74) is 1.76. The lowest BCUT2D eigenvalue weighted by Crippen LogP contribution is -2.30. The van der Waals surface area contributed by atoms with Gasteiger partial charge in [-0.05, 0) is 44.9 Å². The van der Waals surface area contributed by atoms with E-state index in [4.69, 9.17) is 14.2 Å². The van der Waals surface area contributed by atoms with Crippen LogP contribution in [-0.2, 0) is 26.9 Å². The maximum atomic E-state index is 12.9. The Labute approximate surface area is 198 Å². The molecule has 35 heavy (non-hydrogen) atoms. The summed E-state index contributed by atoms with van der Waals surface area (Å²) in [4.78, 5) is 32.3. The summed E-state index contributed by atoms with van der Waals surface area (Å²) in [6.45, 7) is 4.59. The second-order valence-corrected chi connectivity index (χ2v) is 7.60. The molecule has 1 N–H and O–H groups in total. The Kier molecular flexibility index (Phi) is 7.46. The minimum atomic E-state index is -4.70. The van der Waals surface area contributed by atoms with E-state index in [-0.39, 0.29) is 18.6 Å². The minimum absolute atomic E-state index is 0.121. The molecule has 0 saturated heterocycles. The van der Waals surface area contributed by atoms with Gasteiger partial charge in [-0.15, -0.1) is 5.10 Å². The van der Waals surface area contributed by atoms with Crippen molar-refractivity contribution in [3.05, 3.63) is 41.0 Å². The molecule has 3 rings (SSSR count). The molecule has 0 saturated carbocycles. The van der Waals surface area contributed by atoms with Gasteiger partial charge in [-0.1, -0.05) is 0 Å². The molecular formula is C22H24F3N5O5. The van der Waals surface area contributed by atoms with Gasteiger partial charge in [0.15, 0.2) is 17.6 Å². The van der Waals surface area contributed by atoms with Gasteiger partial charge in [-0.25, -0.2) is 9.50 Å². The van der Waals surface area contributed by atoms with Gasteiger partial charge in [0.2, 0.25) is 0 Å². The van der Waals surface area contributed by atoms with Crippen LogP contribution in [0.1, 0.15) is 36.1 Å². The summed E-state index contributed by atoms with van der Waals surface area (Å²) in [7, 11) is 2.95. The van der Waals surface area contributed by atoms with E-state index < -0.39 is 30.0 Å². The van der Waals surface area contributed by atoms with Gasteiger partial charge in [0.25, 0.3) is 17.5 Å². The standard InChI is InChI=1S/C22H24F3N5O5/c1-11-15(12(2)30-21(26-11)28-20(29-30)22(23,24)25)7-9-18(31)35-13(3)19(32)27-14-6-8-16(33-4)17(10-14)34-5/h6,8,10,13H,7,9H2,1-5H3,(H,27,32). The number of carbonyl (C=O) groups is 2. The maximum Gasteiger partial charge on any atom is 0.453 e. The smallest absolute Gasteiger partial charge is 0.453 e. The third-order valence-electron chi connectivity index (χ3n) is 5.21. The molecule has 0 fully saturated rings. The third-order valence-corrected chi connectivity index (χ3v) is 5.21. The zero-order chi connectivity index (χ0) is 25.9. The Hall–Kier alpha value is -3.90. The molecular weight excluding hydrogens is 471 g/mol. The number of nitrogens with zero attached hydrogens (tertiary/aromatic N) is 4. The Morgan fingerprint density at radius 1 is 1.11 bits per heavy atom. The lowest BCUT2D eigenvalue weighted by molar-refractivity contribution is -0.153. The van der Waals surface area contributed by atoms with Crippen molar-refractivity contribution in [1.82, 2.24) is 19.6 Å². The average molecular weight is 495 g/mol. The van der Waals surface area contributed by atoms with Crippen LogP contribution in [0, 0.1) is 13.8 Å². The van der Waals surface area contributed by atoms with Crippen LogP contribution in [0.4, 0.5) is 18.9 Å². The van der Waals surface area contributed by atoms with E-state index in [1.807, 2.05) is 0 Å². The Balaban J connectivity index is 1.63. The lowest BCUT2D eigenvalue weighted by atomic mass is 10.1. The molecule has 1 unspecified atom stereocenters. The van der Waals surface area contributed by atoms with Crippen LogP contribution in [0.25, 0.3) is 5.78 Å². The van der Waals surface area contributed by atoms with Crippen molar-refractivity contribution in [2.45, 2.75) is 45.9 Å². The monoisotopic (exact) mass is 495 g/mol. The van der Waals surface area contributed by atoms with E-state index >= 15 is 0 Å². The van der Waals surface area contributed by atoms with Crippen LogP contribution in [0.15, 0.2) is 18.2 Å². The number of alkyl halides is 3. The van der Waals surface area contributed by atoms with Gasteiger partial charge in [-0.3, -0.25) is 9.59 Å². The fraction of sp³-hybridized carbons (Fsp3) is 0.409. The predicted octanol–water partition coefficient (Wildman–Crippen LogP) is 3.28. The molecule has 0 radical (unpaired) electrons. The van der Waals surface area contributed by atoms with E-state index in [0.29, 0.717) is 34.1 Å². The summed E-state index contributed by atoms with van der Waals surface area (Å²) < 4.78 is 55.4. The zero-order valence-corrected chi connectivity index (χ0v) is 19.7. The van der Waals surface area contributed by atoms with Crippen molar-refractivity contribution in [3.63, 3.8) is 0 Å². The molecule has 1 amide bonds. The number of halogens is 3. The van der Waals surface area contributed by atoms with Crippen LogP contribution < -0.4 is 14.8 Å². The van der Waals surface area contributed by atoms with Crippen molar-refractivity contribution in [3.8, 4) is 11.5 Å². The molecule has 0 bridgehead atoms. The highest BCUT2D eigenvalue weighted by Crippen LogP contribution is 2.30. The van der Waals surface area contributed by atoms with Crippen molar-refractivity contribution in [2.75, 3.05) is 19.5 Å². The predicted molar refractivity (Wildman–Crippen MR) is 117 cm³/mol. The van der Waals surface area contributed by atoms with Gasteiger partial charge in [0.05, 0.1) is 14.2 Å². The first kappa shape index (κ1) is 25.7. The minimum Gasteiger partial charge on any atom is -0.493 e. The SMILES string of the molecule is COc1ccc(NC(=O)C(C)OC(=O)CCc2c(C)nc3nc(C(F)(F)F)nn3c2C)cc1OC. The summed E-state index contributed by atoms with van der Waals surface area (Å²) >= 11 is 0. The average Bonchev–Trinajstić information content (AvgIpc) is 3.23. The topological polar surface area (TPSA) is 117 Å². The first-order valence-electron chi connectivity index (χ1n) is 10.5. The summed E-state index contributed by atoms with van der Waals surface area (Å²) in [6.07, 6.45) is -5.79. The van der Waals surface area contributed by atoms with Crippen LogP contribution >= 0.6 is 0 Å². The van der Waals surface area contributed by atoms with Crippen molar-refractivity contribution in [1.29, 1.82) is 0 Å². The molecule has 2 aromatic heterocycles. The number of nitrogens with one attached hydrogen (secondary N) is 1. The van der Waals surface area contributed by atoms with E-state index in [0.717, 1.165) is 4.52 Å². The highest BCUT2D eigenvalue weighted by atomic mass is 19.4. The molecule has 0 aliphatic carbocycles. The Morgan fingerprint density at radius 2 is 1.80 bits per heavy atom. The van der Waals surface area contributed by atoms with Crippen LogP contribution in [-0.4, -0.2) is 51.8 Å². The normalized spacial score (nSPS) is 12.3. The van der Waals surface area contributed by atoms with Crippen LogP contribution in [0.2, 0.25) is 0 Å². The number of carbonyl (C=O) groups excluding carboxylic acids is 2. The third kappa shape index (κ3) is 5.78. The molecule has 13 heteroatoms. The molecule has 0 spiro atoms. The van der Waals surface area contributed by atoms with Gasteiger partial charge in [0, 0.05) is 29.6 Å². The highest BCUT2D eigenvalue weighted by Gasteiger charge is 2.37. The van der Waals surface area contributed by atoms with Gasteiger partial charge < -0.3 is 19.5 Å². The Bertz CT molecular complexity index is 1260. The molecule has 1 atom stereocenters. The number of ether oxygens (including phenoxy) is 3. The first-order chi connectivity index (χ1) is 16.4. The fourth-order valence-electron chi connectivity index (χ4n) is 3.38. The number of aromatic nitrogens is 4. The van der Waals surface area contributed by atoms with Crippen LogP contribution in [0.3, 0.4) is 0 Å². The molecule has 188 valence electrons. The lowest BCUT2D eigenvalue weighted by Gasteiger charge is -2.15. The maximum absolute atomic E-state index is 12.9. The molecule has 2 heterocycles.